The normalized spacial score (nSPS) is 12.1. The topological polar surface area (TPSA) is 26.3 Å². The second-order valence-electron chi connectivity index (χ2n) is 20.9. The number of hydrogen-bond donors (Lipinski definition) is 0. The van der Waals surface area contributed by atoms with Crippen LogP contribution >= 0.6 is 0 Å². The maximum atomic E-state index is 7.05. The van der Waals surface area contributed by atoms with Crippen LogP contribution in [0, 0.1) is 0 Å². The molecule has 2 nitrogen and oxygen atoms in total. The van der Waals surface area contributed by atoms with Gasteiger partial charge in [0.15, 0.2) is 0 Å². The third-order valence-electron chi connectivity index (χ3n) is 16.8. The molecule has 0 unspecified atom stereocenters. The first-order valence-corrected chi connectivity index (χ1v) is 26.9. The lowest BCUT2D eigenvalue weighted by Gasteiger charge is -2.20. The van der Waals surface area contributed by atoms with E-state index >= 15 is 0 Å². The lowest BCUT2D eigenvalue weighted by molar-refractivity contribution is 0.669. The molecular formula is C76H44O2. The first-order chi connectivity index (χ1) is 38.7. The van der Waals surface area contributed by atoms with Crippen molar-refractivity contribution in [3.8, 4) is 55.6 Å². The Kier molecular flexibility index (Phi) is 9.16. The molecule has 0 fully saturated rings. The highest BCUT2D eigenvalue weighted by Gasteiger charge is 2.25. The Hall–Kier alpha value is -10.3. The van der Waals surface area contributed by atoms with Crippen molar-refractivity contribution in [3.05, 3.63) is 267 Å². The van der Waals surface area contributed by atoms with E-state index in [0.717, 1.165) is 60.6 Å². The maximum Gasteiger partial charge on any atom is 0.143 e. The standard InChI is InChI=1S/C76H44O2/c1-2-19-50-47(18-1)44-66(53-21-4-3-20-52(50)53)73-60-28-11-9-26-58(60)72(59-27-10-12-29-61(59)73)65-41-40-51(76-75(65)63-31-14-16-34-68(63)78-76)48-38-36-46-43-49(39-37-45(46)42-48)70-54-22-5-7-24-56(54)71(57-25-8-6-23-55(57)70)64-32-17-35-69-74(64)62-30-13-15-33-67(62)77-69/h1-44H. The van der Waals surface area contributed by atoms with E-state index in [9.17, 15) is 0 Å². The van der Waals surface area contributed by atoms with Crippen molar-refractivity contribution in [2.75, 3.05) is 0 Å². The van der Waals surface area contributed by atoms with Crippen molar-refractivity contribution in [1.29, 1.82) is 0 Å². The largest absolute Gasteiger partial charge is 0.456 e. The van der Waals surface area contributed by atoms with E-state index in [2.05, 4.69) is 261 Å². The molecule has 0 aliphatic heterocycles. The van der Waals surface area contributed by atoms with Gasteiger partial charge in [-0.15, -0.1) is 0 Å². The highest BCUT2D eigenvalue weighted by Crippen LogP contribution is 2.51. The fourth-order valence-electron chi connectivity index (χ4n) is 13.5. The zero-order valence-corrected chi connectivity index (χ0v) is 42.2. The second kappa shape index (κ2) is 16.6. The summed E-state index contributed by atoms with van der Waals surface area (Å²) in [6, 6.07) is 97.8. The van der Waals surface area contributed by atoms with Gasteiger partial charge in [-0.05, 0) is 168 Å². The van der Waals surface area contributed by atoms with Crippen LogP contribution in [-0.4, -0.2) is 0 Å². The van der Waals surface area contributed by atoms with Crippen LogP contribution in [0.15, 0.2) is 276 Å². The maximum absolute atomic E-state index is 7.05. The summed E-state index contributed by atoms with van der Waals surface area (Å²) in [5.41, 5.74) is 15.4. The van der Waals surface area contributed by atoms with Gasteiger partial charge in [-0.1, -0.05) is 224 Å². The Balaban J connectivity index is 0.839. The predicted octanol–water partition coefficient (Wildman–Crippen LogP) is 21.9. The smallest absolute Gasteiger partial charge is 0.143 e. The number of hydrogen-bond acceptors (Lipinski definition) is 2. The van der Waals surface area contributed by atoms with E-state index in [4.69, 9.17) is 8.83 Å². The molecule has 2 heterocycles. The summed E-state index contributed by atoms with van der Waals surface area (Å²) in [7, 11) is 0. The average molecular weight is 989 g/mol. The zero-order valence-electron chi connectivity index (χ0n) is 42.2. The van der Waals surface area contributed by atoms with Crippen LogP contribution in [-0.2, 0) is 0 Å². The third-order valence-corrected chi connectivity index (χ3v) is 16.8. The van der Waals surface area contributed by atoms with Gasteiger partial charge >= 0.3 is 0 Å². The summed E-state index contributed by atoms with van der Waals surface area (Å²) >= 11 is 0. The van der Waals surface area contributed by atoms with Gasteiger partial charge in [0.05, 0.1) is 0 Å². The van der Waals surface area contributed by atoms with Crippen LogP contribution in [0.5, 0.6) is 0 Å². The summed E-state index contributed by atoms with van der Waals surface area (Å²) in [5, 5.41) is 21.6. The summed E-state index contributed by atoms with van der Waals surface area (Å²) in [5.74, 6) is 0. The van der Waals surface area contributed by atoms with Gasteiger partial charge in [-0.25, -0.2) is 0 Å². The average Bonchev–Trinajstić information content (AvgIpc) is 4.23. The van der Waals surface area contributed by atoms with E-state index in [1.807, 2.05) is 6.07 Å². The van der Waals surface area contributed by atoms with Crippen LogP contribution in [0.1, 0.15) is 0 Å². The van der Waals surface area contributed by atoms with E-state index in [-0.39, 0.29) is 0 Å². The molecular weight excluding hydrogens is 945 g/mol. The molecule has 2 aromatic heterocycles. The van der Waals surface area contributed by atoms with Crippen molar-refractivity contribution < 1.29 is 8.83 Å². The first-order valence-electron chi connectivity index (χ1n) is 26.9. The molecule has 0 atom stereocenters. The SMILES string of the molecule is c1ccc2c(c1)cc(-c1c3ccccc3c(-c3ccc(-c4ccc5cc(-c6c7ccccc7c(-c7cccc8oc9ccccc9c78)c7ccccc67)ccc5c4)c4oc5ccccc5c34)c3ccccc13)c1ccccc12. The predicted molar refractivity (Wildman–Crippen MR) is 331 cm³/mol. The highest BCUT2D eigenvalue weighted by atomic mass is 16.3. The van der Waals surface area contributed by atoms with E-state index in [0.29, 0.717) is 0 Å². The Bertz CT molecular complexity index is 5280. The van der Waals surface area contributed by atoms with Crippen LogP contribution in [0.25, 0.3) is 175 Å². The highest BCUT2D eigenvalue weighted by molar-refractivity contribution is 6.30. The molecule has 15 aromatic carbocycles. The zero-order chi connectivity index (χ0) is 51.0. The van der Waals surface area contributed by atoms with Gasteiger partial charge in [0.2, 0.25) is 0 Å². The fraction of sp³-hybridized carbons (Fsp3) is 0. The van der Waals surface area contributed by atoms with Crippen LogP contribution in [0.4, 0.5) is 0 Å². The molecule has 17 rings (SSSR count). The third kappa shape index (κ3) is 6.20. The summed E-state index contributed by atoms with van der Waals surface area (Å²) in [4.78, 5) is 0. The molecule has 0 saturated carbocycles. The number of furan rings is 2. The van der Waals surface area contributed by atoms with Crippen molar-refractivity contribution in [3.63, 3.8) is 0 Å². The summed E-state index contributed by atoms with van der Waals surface area (Å²) < 4.78 is 13.5. The Morgan fingerprint density at radius 1 is 0.192 bits per heavy atom. The fourth-order valence-corrected chi connectivity index (χ4v) is 13.5. The Labute approximate surface area is 448 Å². The van der Waals surface area contributed by atoms with Gasteiger partial charge in [0.1, 0.15) is 22.3 Å². The molecule has 0 saturated heterocycles. The van der Waals surface area contributed by atoms with Crippen LogP contribution in [0.2, 0.25) is 0 Å². The molecule has 17 aromatic rings. The van der Waals surface area contributed by atoms with Crippen molar-refractivity contribution in [2.24, 2.45) is 0 Å². The molecule has 0 spiro atoms. The minimum Gasteiger partial charge on any atom is -0.456 e. The molecule has 2 heteroatoms. The first kappa shape index (κ1) is 43.0. The second-order valence-corrected chi connectivity index (χ2v) is 20.9. The van der Waals surface area contributed by atoms with Crippen molar-refractivity contribution in [1.82, 2.24) is 0 Å². The summed E-state index contributed by atoms with van der Waals surface area (Å²) in [6.45, 7) is 0. The van der Waals surface area contributed by atoms with Gasteiger partial charge < -0.3 is 8.83 Å². The minimum atomic E-state index is 0.875. The van der Waals surface area contributed by atoms with Gasteiger partial charge in [0.25, 0.3) is 0 Å². The molecule has 0 N–H and O–H groups in total. The van der Waals surface area contributed by atoms with Gasteiger partial charge in [-0.2, -0.15) is 0 Å². The van der Waals surface area contributed by atoms with E-state index in [1.165, 1.54) is 114 Å². The Morgan fingerprint density at radius 2 is 0.603 bits per heavy atom. The molecule has 0 aliphatic rings. The van der Waals surface area contributed by atoms with Crippen molar-refractivity contribution in [2.45, 2.75) is 0 Å². The number of benzene rings is 15. The van der Waals surface area contributed by atoms with E-state index in [1.54, 1.807) is 0 Å². The Morgan fingerprint density at radius 3 is 1.21 bits per heavy atom. The molecule has 0 amide bonds. The molecule has 0 aliphatic carbocycles. The molecule has 360 valence electrons. The minimum absolute atomic E-state index is 0.875. The lowest BCUT2D eigenvalue weighted by atomic mass is 9.82. The number of rotatable bonds is 5. The number of para-hydroxylation sites is 2. The number of fused-ring (bicyclic) bond motifs is 14. The monoisotopic (exact) mass is 988 g/mol. The van der Waals surface area contributed by atoms with Gasteiger partial charge in [0, 0.05) is 27.1 Å². The molecule has 78 heavy (non-hydrogen) atoms. The van der Waals surface area contributed by atoms with E-state index < -0.39 is 0 Å². The van der Waals surface area contributed by atoms with Crippen LogP contribution in [0.3, 0.4) is 0 Å². The van der Waals surface area contributed by atoms with Gasteiger partial charge in [-0.3, -0.25) is 0 Å². The summed E-state index contributed by atoms with van der Waals surface area (Å²) in [6.07, 6.45) is 0. The van der Waals surface area contributed by atoms with Crippen molar-refractivity contribution >= 4 is 119 Å². The van der Waals surface area contributed by atoms with Crippen LogP contribution < -0.4 is 0 Å². The molecule has 0 radical (unpaired) electrons. The quantitative estimate of drug-likeness (QED) is 0.127. The lowest BCUT2D eigenvalue weighted by Crippen LogP contribution is -1.93. The molecule has 0 bridgehead atoms.